The minimum atomic E-state index is 0.379. The maximum absolute atomic E-state index is 5.70. The van der Waals surface area contributed by atoms with E-state index in [9.17, 15) is 0 Å². The van der Waals surface area contributed by atoms with E-state index in [1.807, 2.05) is 12.1 Å². The van der Waals surface area contributed by atoms with Crippen LogP contribution in [0.25, 0.3) is 0 Å². The fourth-order valence-corrected chi connectivity index (χ4v) is 2.67. The Kier molecular flexibility index (Phi) is 3.17. The molecule has 1 unspecified atom stereocenters. The number of nitrogens with one attached hydrogen (secondary N) is 1. The van der Waals surface area contributed by atoms with Crippen molar-refractivity contribution in [3.05, 3.63) is 59.3 Å². The Morgan fingerprint density at radius 1 is 1.32 bits per heavy atom. The minimum absolute atomic E-state index is 0.379. The highest BCUT2D eigenvalue weighted by Gasteiger charge is 2.25. The van der Waals surface area contributed by atoms with Crippen molar-refractivity contribution in [1.82, 2.24) is 4.98 Å². The smallest absolute Gasteiger partial charge is 0.136 e. The Hall–Kier alpha value is -1.94. The van der Waals surface area contributed by atoms with Crippen LogP contribution < -0.4 is 11.1 Å². The maximum Gasteiger partial charge on any atom is 0.136 e. The van der Waals surface area contributed by atoms with Gasteiger partial charge in [0.15, 0.2) is 0 Å². The van der Waals surface area contributed by atoms with Crippen molar-refractivity contribution >= 4 is 23.0 Å². The third kappa shape index (κ3) is 2.31. The normalized spacial score (nSPS) is 16.3. The van der Waals surface area contributed by atoms with Gasteiger partial charge in [0.25, 0.3) is 0 Å². The molecule has 19 heavy (non-hydrogen) atoms. The monoisotopic (exact) mass is 269 g/mol. The van der Waals surface area contributed by atoms with Gasteiger partial charge in [0, 0.05) is 18.7 Å². The molecule has 1 heterocycles. The van der Waals surface area contributed by atoms with Gasteiger partial charge in [-0.3, -0.25) is 0 Å². The Labute approximate surface area is 117 Å². The van der Waals surface area contributed by atoms with Crippen LogP contribution in [0.3, 0.4) is 0 Å². The predicted molar refractivity (Wildman–Crippen MR) is 81.5 cm³/mol. The molecule has 1 aromatic heterocycles. The van der Waals surface area contributed by atoms with Crippen molar-refractivity contribution in [2.24, 2.45) is 5.73 Å². The van der Waals surface area contributed by atoms with Crippen LogP contribution in [-0.2, 0) is 6.42 Å². The summed E-state index contributed by atoms with van der Waals surface area (Å²) in [5.41, 5.74) is 9.39. The van der Waals surface area contributed by atoms with Crippen LogP contribution >= 0.6 is 12.2 Å². The summed E-state index contributed by atoms with van der Waals surface area (Å²) in [5, 5.41) is 3.36. The van der Waals surface area contributed by atoms with Crippen LogP contribution in [0, 0.1) is 0 Å². The van der Waals surface area contributed by atoms with E-state index < -0.39 is 0 Å². The maximum atomic E-state index is 5.70. The molecule has 0 amide bonds. The van der Waals surface area contributed by atoms with Gasteiger partial charge in [-0.2, -0.15) is 0 Å². The summed E-state index contributed by atoms with van der Waals surface area (Å²) in [6, 6.07) is 12.3. The number of hydrogen-bond donors (Lipinski definition) is 2. The molecule has 1 aliphatic carbocycles. The molecule has 96 valence electrons. The number of rotatable bonds is 4. The van der Waals surface area contributed by atoms with E-state index in [0.29, 0.717) is 10.9 Å². The summed E-state index contributed by atoms with van der Waals surface area (Å²) in [4.78, 5) is 4.69. The molecular weight excluding hydrogens is 254 g/mol. The number of nitrogens with two attached hydrogens (primary N) is 1. The average molecular weight is 269 g/mol. The van der Waals surface area contributed by atoms with E-state index in [-0.39, 0.29) is 0 Å². The fourth-order valence-electron chi connectivity index (χ4n) is 2.51. The summed E-state index contributed by atoms with van der Waals surface area (Å²) >= 11 is 5.03. The van der Waals surface area contributed by atoms with E-state index in [2.05, 4.69) is 34.6 Å². The predicted octanol–water partition coefficient (Wildman–Crippen LogP) is 2.47. The number of anilines is 1. The molecule has 3 nitrogen and oxygen atoms in total. The Balaban J connectivity index is 1.70. The molecule has 2 aromatic rings. The van der Waals surface area contributed by atoms with Crippen molar-refractivity contribution in [3.8, 4) is 0 Å². The molecule has 1 aromatic carbocycles. The molecular formula is C15H15N3S. The third-order valence-corrected chi connectivity index (χ3v) is 3.77. The van der Waals surface area contributed by atoms with Gasteiger partial charge >= 0.3 is 0 Å². The molecule has 0 bridgehead atoms. The van der Waals surface area contributed by atoms with Gasteiger partial charge in [0.1, 0.15) is 10.8 Å². The minimum Gasteiger partial charge on any atom is -0.389 e. The molecule has 4 heteroatoms. The number of nitrogens with zero attached hydrogens (tertiary/aromatic N) is 1. The number of thiocarbonyl (C=S) groups is 1. The fraction of sp³-hybridized carbons (Fsp3) is 0.200. The van der Waals surface area contributed by atoms with Crippen molar-refractivity contribution in [2.75, 3.05) is 11.9 Å². The lowest BCUT2D eigenvalue weighted by Gasteiger charge is -2.30. The number of benzene rings is 1. The summed E-state index contributed by atoms with van der Waals surface area (Å²) in [7, 11) is 0. The summed E-state index contributed by atoms with van der Waals surface area (Å²) in [6.07, 6.45) is 2.87. The summed E-state index contributed by atoms with van der Waals surface area (Å²) in [5.74, 6) is 1.33. The molecule has 0 fully saturated rings. The van der Waals surface area contributed by atoms with Gasteiger partial charge in [-0.15, -0.1) is 0 Å². The second kappa shape index (κ2) is 4.97. The van der Waals surface area contributed by atoms with Crippen molar-refractivity contribution in [3.63, 3.8) is 0 Å². The molecule has 0 radical (unpaired) electrons. The van der Waals surface area contributed by atoms with Crippen molar-refractivity contribution in [2.45, 2.75) is 12.3 Å². The lowest BCUT2D eigenvalue weighted by Crippen LogP contribution is -2.25. The van der Waals surface area contributed by atoms with Gasteiger partial charge in [0.2, 0.25) is 0 Å². The largest absolute Gasteiger partial charge is 0.389 e. The summed E-state index contributed by atoms with van der Waals surface area (Å²) < 4.78 is 0. The van der Waals surface area contributed by atoms with Gasteiger partial charge in [-0.25, -0.2) is 4.98 Å². The van der Waals surface area contributed by atoms with Crippen LogP contribution in [0.4, 0.5) is 5.82 Å². The lowest BCUT2D eigenvalue weighted by molar-refractivity contribution is 0.634. The first kappa shape index (κ1) is 12.1. The van der Waals surface area contributed by atoms with Gasteiger partial charge < -0.3 is 11.1 Å². The second-order valence-corrected chi connectivity index (χ2v) is 5.18. The molecule has 1 aliphatic rings. The molecule has 0 saturated carbocycles. The zero-order chi connectivity index (χ0) is 13.2. The first-order valence-electron chi connectivity index (χ1n) is 6.32. The second-order valence-electron chi connectivity index (χ2n) is 4.74. The highest BCUT2D eigenvalue weighted by molar-refractivity contribution is 7.80. The van der Waals surface area contributed by atoms with Crippen LogP contribution in [0.15, 0.2) is 42.6 Å². The van der Waals surface area contributed by atoms with E-state index in [4.69, 9.17) is 18.0 Å². The van der Waals surface area contributed by atoms with Crippen LogP contribution in [-0.4, -0.2) is 16.5 Å². The topological polar surface area (TPSA) is 50.9 Å². The van der Waals surface area contributed by atoms with E-state index in [1.165, 1.54) is 11.1 Å². The highest BCUT2D eigenvalue weighted by Crippen LogP contribution is 2.34. The van der Waals surface area contributed by atoms with E-state index in [0.717, 1.165) is 24.3 Å². The SMILES string of the molecule is NC(=S)c1cccnc1NCC1Cc2ccccc21. The molecule has 0 spiro atoms. The van der Waals surface area contributed by atoms with E-state index >= 15 is 0 Å². The third-order valence-electron chi connectivity index (χ3n) is 3.55. The number of pyridine rings is 1. The van der Waals surface area contributed by atoms with Gasteiger partial charge in [0.05, 0.1) is 5.56 Å². The Bertz CT molecular complexity index is 624. The van der Waals surface area contributed by atoms with Gasteiger partial charge in [-0.05, 0) is 29.7 Å². The van der Waals surface area contributed by atoms with E-state index in [1.54, 1.807) is 6.20 Å². The first-order chi connectivity index (χ1) is 9.25. The lowest BCUT2D eigenvalue weighted by atomic mass is 9.77. The highest BCUT2D eigenvalue weighted by atomic mass is 32.1. The molecule has 3 rings (SSSR count). The molecule has 1 atom stereocenters. The standard InChI is InChI=1S/C15H15N3S/c16-14(19)13-6-3-7-17-15(13)18-9-11-8-10-4-1-2-5-12(10)11/h1-7,11H,8-9H2,(H2,16,19)(H,17,18). The first-order valence-corrected chi connectivity index (χ1v) is 6.73. The van der Waals surface area contributed by atoms with Crippen molar-refractivity contribution < 1.29 is 0 Å². The average Bonchev–Trinajstić information content (AvgIpc) is 2.40. The zero-order valence-electron chi connectivity index (χ0n) is 10.5. The van der Waals surface area contributed by atoms with Crippen LogP contribution in [0.5, 0.6) is 0 Å². The number of fused-ring (bicyclic) bond motifs is 1. The zero-order valence-corrected chi connectivity index (χ0v) is 11.3. The molecule has 3 N–H and O–H groups in total. The number of aromatic nitrogens is 1. The van der Waals surface area contributed by atoms with Crippen LogP contribution in [0.2, 0.25) is 0 Å². The van der Waals surface area contributed by atoms with Gasteiger partial charge in [-0.1, -0.05) is 36.5 Å². The van der Waals surface area contributed by atoms with Crippen molar-refractivity contribution in [1.29, 1.82) is 0 Å². The Morgan fingerprint density at radius 2 is 2.16 bits per heavy atom. The number of hydrogen-bond acceptors (Lipinski definition) is 3. The quantitative estimate of drug-likeness (QED) is 0.837. The molecule has 0 aliphatic heterocycles. The van der Waals surface area contributed by atoms with Crippen LogP contribution in [0.1, 0.15) is 22.6 Å². The Morgan fingerprint density at radius 3 is 2.95 bits per heavy atom. The summed E-state index contributed by atoms with van der Waals surface area (Å²) in [6.45, 7) is 0.865. The molecule has 0 saturated heterocycles.